The summed E-state index contributed by atoms with van der Waals surface area (Å²) in [6, 6.07) is 3.42. The second kappa shape index (κ2) is 6.08. The fraction of sp³-hybridized carbons (Fsp3) is 0.500. The molecule has 0 radical (unpaired) electrons. The quantitative estimate of drug-likeness (QED) is 0.764. The number of furan rings is 1. The molecule has 94 valence electrons. The van der Waals surface area contributed by atoms with Crippen LogP contribution in [-0.2, 0) is 16.0 Å². The number of hydrogen-bond donors (Lipinski definition) is 2. The predicted octanol–water partition coefficient (Wildman–Crippen LogP) is 0.851. The molecule has 5 heteroatoms. The van der Waals surface area contributed by atoms with Gasteiger partial charge in [-0.1, -0.05) is 0 Å². The van der Waals surface area contributed by atoms with Gasteiger partial charge in [-0.3, -0.25) is 9.59 Å². The molecule has 0 spiro atoms. The van der Waals surface area contributed by atoms with E-state index in [1.807, 2.05) is 13.0 Å². The van der Waals surface area contributed by atoms with Crippen LogP contribution in [0.5, 0.6) is 0 Å². The summed E-state index contributed by atoms with van der Waals surface area (Å²) in [6.07, 6.45) is 2.14. The van der Waals surface area contributed by atoms with Gasteiger partial charge in [-0.15, -0.1) is 0 Å². The SMILES string of the molecule is CC(C)NC(=O)C(=O)NC(C)Cc1ccco1. The van der Waals surface area contributed by atoms with E-state index in [1.165, 1.54) is 0 Å². The van der Waals surface area contributed by atoms with Gasteiger partial charge in [0.15, 0.2) is 0 Å². The minimum Gasteiger partial charge on any atom is -0.469 e. The highest BCUT2D eigenvalue weighted by Gasteiger charge is 2.17. The first-order chi connectivity index (χ1) is 7.99. The van der Waals surface area contributed by atoms with Crippen LogP contribution >= 0.6 is 0 Å². The molecule has 1 unspecified atom stereocenters. The molecule has 0 aliphatic carbocycles. The van der Waals surface area contributed by atoms with E-state index in [-0.39, 0.29) is 12.1 Å². The molecule has 0 aliphatic heterocycles. The molecule has 1 atom stereocenters. The lowest BCUT2D eigenvalue weighted by molar-refractivity contribution is -0.139. The molecule has 0 bridgehead atoms. The van der Waals surface area contributed by atoms with Gasteiger partial charge >= 0.3 is 11.8 Å². The molecule has 0 saturated heterocycles. The molecule has 2 N–H and O–H groups in total. The van der Waals surface area contributed by atoms with Gasteiger partial charge in [0.2, 0.25) is 0 Å². The van der Waals surface area contributed by atoms with Gasteiger partial charge in [-0.05, 0) is 32.9 Å². The molecule has 5 nitrogen and oxygen atoms in total. The molecule has 0 aliphatic rings. The fourth-order valence-corrected chi connectivity index (χ4v) is 1.40. The second-order valence-corrected chi connectivity index (χ2v) is 4.29. The van der Waals surface area contributed by atoms with Crippen molar-refractivity contribution in [3.05, 3.63) is 24.2 Å². The zero-order valence-electron chi connectivity index (χ0n) is 10.3. The van der Waals surface area contributed by atoms with Crippen molar-refractivity contribution in [1.29, 1.82) is 0 Å². The van der Waals surface area contributed by atoms with E-state index in [2.05, 4.69) is 10.6 Å². The Kier molecular flexibility index (Phi) is 4.75. The number of carbonyl (C=O) groups is 2. The Morgan fingerprint density at radius 1 is 1.24 bits per heavy atom. The van der Waals surface area contributed by atoms with Gasteiger partial charge in [-0.25, -0.2) is 0 Å². The van der Waals surface area contributed by atoms with Crippen molar-refractivity contribution in [2.45, 2.75) is 39.3 Å². The molecular formula is C12H18N2O3. The molecule has 1 heterocycles. The Balaban J connectivity index is 2.38. The lowest BCUT2D eigenvalue weighted by Gasteiger charge is -2.13. The number of amides is 2. The Hall–Kier alpha value is -1.78. The van der Waals surface area contributed by atoms with Crippen molar-refractivity contribution >= 4 is 11.8 Å². The second-order valence-electron chi connectivity index (χ2n) is 4.29. The molecule has 1 aromatic rings. The summed E-state index contributed by atoms with van der Waals surface area (Å²) in [6.45, 7) is 5.43. The van der Waals surface area contributed by atoms with E-state index in [0.717, 1.165) is 5.76 Å². The van der Waals surface area contributed by atoms with Crippen molar-refractivity contribution < 1.29 is 14.0 Å². The van der Waals surface area contributed by atoms with Crippen LogP contribution in [0.3, 0.4) is 0 Å². The topological polar surface area (TPSA) is 71.3 Å². The molecule has 1 aromatic heterocycles. The summed E-state index contributed by atoms with van der Waals surface area (Å²) >= 11 is 0. The maximum Gasteiger partial charge on any atom is 0.309 e. The third kappa shape index (κ3) is 4.72. The van der Waals surface area contributed by atoms with Gasteiger partial charge in [0.1, 0.15) is 5.76 Å². The van der Waals surface area contributed by atoms with E-state index in [9.17, 15) is 9.59 Å². The lowest BCUT2D eigenvalue weighted by atomic mass is 10.2. The summed E-state index contributed by atoms with van der Waals surface area (Å²) in [5.41, 5.74) is 0. The van der Waals surface area contributed by atoms with Gasteiger partial charge in [0.05, 0.1) is 6.26 Å². The molecule has 0 saturated carbocycles. The summed E-state index contributed by atoms with van der Waals surface area (Å²) in [5.74, 6) is -0.439. The monoisotopic (exact) mass is 238 g/mol. The van der Waals surface area contributed by atoms with E-state index in [1.54, 1.807) is 26.2 Å². The van der Waals surface area contributed by atoms with E-state index in [4.69, 9.17) is 4.42 Å². The molecule has 17 heavy (non-hydrogen) atoms. The van der Waals surface area contributed by atoms with Crippen molar-refractivity contribution in [3.8, 4) is 0 Å². The highest BCUT2D eigenvalue weighted by Crippen LogP contribution is 2.03. The number of nitrogens with one attached hydrogen (secondary N) is 2. The number of rotatable bonds is 4. The first-order valence-electron chi connectivity index (χ1n) is 5.62. The smallest absolute Gasteiger partial charge is 0.309 e. The average Bonchev–Trinajstić information content (AvgIpc) is 2.68. The average molecular weight is 238 g/mol. The van der Waals surface area contributed by atoms with Crippen LogP contribution in [0.15, 0.2) is 22.8 Å². The zero-order valence-corrected chi connectivity index (χ0v) is 10.3. The highest BCUT2D eigenvalue weighted by atomic mass is 16.3. The van der Waals surface area contributed by atoms with Crippen LogP contribution in [0.4, 0.5) is 0 Å². The van der Waals surface area contributed by atoms with Crippen LogP contribution in [0, 0.1) is 0 Å². The van der Waals surface area contributed by atoms with Crippen LogP contribution in [0.25, 0.3) is 0 Å². The standard InChI is InChI=1S/C12H18N2O3/c1-8(2)13-11(15)12(16)14-9(3)7-10-5-4-6-17-10/h4-6,8-9H,7H2,1-3H3,(H,13,15)(H,14,16). The zero-order chi connectivity index (χ0) is 12.8. The van der Waals surface area contributed by atoms with Gasteiger partial charge in [0, 0.05) is 18.5 Å². The maximum atomic E-state index is 11.5. The Labute approximate surface area is 101 Å². The third-order valence-corrected chi connectivity index (χ3v) is 2.09. The normalized spacial score (nSPS) is 12.2. The number of hydrogen-bond acceptors (Lipinski definition) is 3. The Morgan fingerprint density at radius 2 is 1.88 bits per heavy atom. The molecule has 1 rings (SSSR count). The number of carbonyl (C=O) groups excluding carboxylic acids is 2. The summed E-state index contributed by atoms with van der Waals surface area (Å²) < 4.78 is 5.16. The van der Waals surface area contributed by atoms with Crippen molar-refractivity contribution in [2.75, 3.05) is 0 Å². The van der Waals surface area contributed by atoms with Crippen LogP contribution < -0.4 is 10.6 Å². The minimum absolute atomic E-state index is 0.0476. The molecular weight excluding hydrogens is 220 g/mol. The van der Waals surface area contributed by atoms with Crippen molar-refractivity contribution in [1.82, 2.24) is 10.6 Å². The first kappa shape index (κ1) is 13.3. The summed E-state index contributed by atoms with van der Waals surface area (Å²) in [4.78, 5) is 22.8. The summed E-state index contributed by atoms with van der Waals surface area (Å²) in [5, 5.41) is 5.14. The van der Waals surface area contributed by atoms with Gasteiger partial charge in [-0.2, -0.15) is 0 Å². The van der Waals surface area contributed by atoms with E-state index < -0.39 is 11.8 Å². The van der Waals surface area contributed by atoms with E-state index in [0.29, 0.717) is 6.42 Å². The molecule has 0 aromatic carbocycles. The summed E-state index contributed by atoms with van der Waals surface area (Å²) in [7, 11) is 0. The first-order valence-corrected chi connectivity index (χ1v) is 5.62. The van der Waals surface area contributed by atoms with Crippen LogP contribution in [0.1, 0.15) is 26.5 Å². The van der Waals surface area contributed by atoms with Gasteiger partial charge in [0.25, 0.3) is 0 Å². The lowest BCUT2D eigenvalue weighted by Crippen LogP contribution is -2.46. The van der Waals surface area contributed by atoms with Crippen LogP contribution in [0.2, 0.25) is 0 Å². The molecule has 2 amide bonds. The third-order valence-electron chi connectivity index (χ3n) is 2.09. The van der Waals surface area contributed by atoms with Crippen LogP contribution in [-0.4, -0.2) is 23.9 Å². The minimum atomic E-state index is -0.613. The van der Waals surface area contributed by atoms with Crippen molar-refractivity contribution in [2.24, 2.45) is 0 Å². The highest BCUT2D eigenvalue weighted by molar-refractivity contribution is 6.35. The molecule has 0 fully saturated rings. The Bertz CT molecular complexity index is 371. The Morgan fingerprint density at radius 3 is 2.41 bits per heavy atom. The fourth-order valence-electron chi connectivity index (χ4n) is 1.40. The van der Waals surface area contributed by atoms with Gasteiger partial charge < -0.3 is 15.1 Å². The maximum absolute atomic E-state index is 11.5. The largest absolute Gasteiger partial charge is 0.469 e. The van der Waals surface area contributed by atoms with E-state index >= 15 is 0 Å². The van der Waals surface area contributed by atoms with Crippen molar-refractivity contribution in [3.63, 3.8) is 0 Å². The predicted molar refractivity (Wildman–Crippen MR) is 63.3 cm³/mol.